The quantitative estimate of drug-likeness (QED) is 0.266. The number of para-hydroxylation sites is 2. The highest BCUT2D eigenvalue weighted by atomic mass is 127. The minimum absolute atomic E-state index is 0. The number of hydrogen-bond donors (Lipinski definition) is 3. The fraction of sp³-hybridized carbons (Fsp3) is 0.300. The monoisotopic (exact) mass is 497 g/mol. The van der Waals surface area contributed by atoms with Crippen molar-refractivity contribution >= 4 is 41.0 Å². The topological polar surface area (TPSA) is 74.3 Å². The molecule has 0 saturated heterocycles. The number of aromatic amines is 1. The molecule has 0 saturated carbocycles. The van der Waals surface area contributed by atoms with E-state index in [2.05, 4.69) is 25.6 Å². The van der Waals surface area contributed by atoms with E-state index in [-0.39, 0.29) is 35.9 Å². The fourth-order valence-corrected chi connectivity index (χ4v) is 2.67. The predicted molar refractivity (Wildman–Crippen MR) is 121 cm³/mol. The normalized spacial score (nSPS) is 12.3. The van der Waals surface area contributed by atoms with Gasteiger partial charge in [0.05, 0.1) is 17.6 Å². The van der Waals surface area contributed by atoms with Crippen molar-refractivity contribution in [2.75, 3.05) is 20.1 Å². The van der Waals surface area contributed by atoms with Crippen LogP contribution in [0.3, 0.4) is 0 Å². The fourth-order valence-electron chi connectivity index (χ4n) is 2.67. The van der Waals surface area contributed by atoms with Crippen LogP contribution in [0.1, 0.15) is 12.7 Å². The molecule has 0 radical (unpaired) electrons. The first-order valence-electron chi connectivity index (χ1n) is 8.94. The second kappa shape index (κ2) is 10.8. The molecule has 3 N–H and O–H groups in total. The van der Waals surface area contributed by atoms with Crippen LogP contribution in [0.2, 0.25) is 0 Å². The van der Waals surface area contributed by atoms with E-state index in [0.717, 1.165) is 23.3 Å². The molecule has 3 aromatic rings. The Hall–Kier alpha value is -2.36. The van der Waals surface area contributed by atoms with Gasteiger partial charge in [0, 0.05) is 20.0 Å². The molecule has 1 heterocycles. The molecule has 2 aromatic carbocycles. The SMILES string of the molecule is CN=C(NCCc1nc2ccccc2[nH]1)NCC(C)Oc1ccc(F)cc1.I. The van der Waals surface area contributed by atoms with E-state index in [1.54, 1.807) is 19.2 Å². The number of nitrogens with one attached hydrogen (secondary N) is 3. The maximum Gasteiger partial charge on any atom is 0.191 e. The molecule has 0 amide bonds. The largest absolute Gasteiger partial charge is 0.489 e. The number of H-pyrrole nitrogens is 1. The van der Waals surface area contributed by atoms with Gasteiger partial charge in [-0.05, 0) is 43.3 Å². The Labute approximate surface area is 181 Å². The summed E-state index contributed by atoms with van der Waals surface area (Å²) in [5.74, 6) is 1.99. The van der Waals surface area contributed by atoms with Crippen molar-refractivity contribution in [1.29, 1.82) is 0 Å². The molecular weight excluding hydrogens is 472 g/mol. The summed E-state index contributed by atoms with van der Waals surface area (Å²) in [5, 5.41) is 6.49. The lowest BCUT2D eigenvalue weighted by Gasteiger charge is -2.17. The number of imidazole rings is 1. The van der Waals surface area contributed by atoms with Crippen molar-refractivity contribution in [3.8, 4) is 5.75 Å². The van der Waals surface area contributed by atoms with Gasteiger partial charge in [0.15, 0.2) is 5.96 Å². The van der Waals surface area contributed by atoms with Crippen LogP contribution in [0.5, 0.6) is 5.75 Å². The number of benzene rings is 2. The van der Waals surface area contributed by atoms with Gasteiger partial charge in [0.2, 0.25) is 0 Å². The van der Waals surface area contributed by atoms with Gasteiger partial charge in [-0.25, -0.2) is 9.37 Å². The lowest BCUT2D eigenvalue weighted by Crippen LogP contribution is -2.42. The highest BCUT2D eigenvalue weighted by Crippen LogP contribution is 2.12. The zero-order chi connectivity index (χ0) is 19.1. The number of hydrogen-bond acceptors (Lipinski definition) is 3. The van der Waals surface area contributed by atoms with Crippen molar-refractivity contribution in [1.82, 2.24) is 20.6 Å². The van der Waals surface area contributed by atoms with Crippen LogP contribution in [0.15, 0.2) is 53.5 Å². The maximum absolute atomic E-state index is 12.9. The third-order valence-electron chi connectivity index (χ3n) is 4.02. The van der Waals surface area contributed by atoms with E-state index < -0.39 is 0 Å². The summed E-state index contributed by atoms with van der Waals surface area (Å²) in [7, 11) is 1.72. The minimum Gasteiger partial charge on any atom is -0.489 e. The zero-order valence-corrected chi connectivity index (χ0v) is 18.2. The van der Waals surface area contributed by atoms with Gasteiger partial charge in [-0.15, -0.1) is 24.0 Å². The summed E-state index contributed by atoms with van der Waals surface area (Å²) in [6.07, 6.45) is 0.668. The van der Waals surface area contributed by atoms with Gasteiger partial charge in [-0.1, -0.05) is 12.1 Å². The molecule has 1 unspecified atom stereocenters. The number of nitrogens with zero attached hydrogens (tertiary/aromatic N) is 2. The molecule has 0 spiro atoms. The number of aliphatic imine (C=N–C) groups is 1. The van der Waals surface area contributed by atoms with Crippen LogP contribution in [-0.4, -0.2) is 42.2 Å². The standard InChI is InChI=1S/C20H24FN5O.HI/c1-14(27-16-9-7-15(21)8-10-16)13-24-20(22-2)23-12-11-19-25-17-5-3-4-6-18(17)26-19;/h3-10,14H,11-13H2,1-2H3,(H,25,26)(H2,22,23,24);1H. The molecule has 3 rings (SSSR count). The molecule has 0 fully saturated rings. The van der Waals surface area contributed by atoms with E-state index in [9.17, 15) is 4.39 Å². The van der Waals surface area contributed by atoms with Gasteiger partial charge in [0.1, 0.15) is 23.5 Å². The summed E-state index contributed by atoms with van der Waals surface area (Å²) in [6, 6.07) is 14.0. The van der Waals surface area contributed by atoms with Gasteiger partial charge in [-0.3, -0.25) is 4.99 Å². The number of fused-ring (bicyclic) bond motifs is 1. The number of rotatable bonds is 7. The van der Waals surface area contributed by atoms with Gasteiger partial charge in [-0.2, -0.15) is 0 Å². The van der Waals surface area contributed by atoms with Crippen LogP contribution >= 0.6 is 24.0 Å². The van der Waals surface area contributed by atoms with Crippen LogP contribution in [0.4, 0.5) is 4.39 Å². The lowest BCUT2D eigenvalue weighted by molar-refractivity contribution is 0.223. The first kappa shape index (κ1) is 21.9. The van der Waals surface area contributed by atoms with Crippen LogP contribution in [0, 0.1) is 5.82 Å². The molecule has 0 bridgehead atoms. The Bertz CT molecular complexity index is 864. The minimum atomic E-state index is -0.276. The van der Waals surface area contributed by atoms with Crippen LogP contribution in [0.25, 0.3) is 11.0 Å². The highest BCUT2D eigenvalue weighted by Gasteiger charge is 2.07. The van der Waals surface area contributed by atoms with Crippen molar-refractivity contribution < 1.29 is 9.13 Å². The molecule has 150 valence electrons. The molecule has 0 aliphatic heterocycles. The average molecular weight is 497 g/mol. The third-order valence-corrected chi connectivity index (χ3v) is 4.02. The van der Waals surface area contributed by atoms with Crippen LogP contribution in [-0.2, 0) is 6.42 Å². The average Bonchev–Trinajstić information content (AvgIpc) is 3.09. The van der Waals surface area contributed by atoms with Crippen molar-refractivity contribution in [3.05, 3.63) is 60.2 Å². The van der Waals surface area contributed by atoms with Gasteiger partial charge < -0.3 is 20.4 Å². The van der Waals surface area contributed by atoms with E-state index in [1.807, 2.05) is 31.2 Å². The highest BCUT2D eigenvalue weighted by molar-refractivity contribution is 14.0. The number of guanidine groups is 1. The summed E-state index contributed by atoms with van der Waals surface area (Å²) < 4.78 is 18.7. The van der Waals surface area contributed by atoms with Crippen molar-refractivity contribution in [2.24, 2.45) is 4.99 Å². The smallest absolute Gasteiger partial charge is 0.191 e. The molecule has 1 aromatic heterocycles. The molecular formula is C20H25FIN5O. The Morgan fingerprint density at radius 2 is 1.93 bits per heavy atom. The summed E-state index contributed by atoms with van der Waals surface area (Å²) in [6.45, 7) is 3.21. The van der Waals surface area contributed by atoms with Crippen molar-refractivity contribution in [3.63, 3.8) is 0 Å². The number of aromatic nitrogens is 2. The molecule has 0 aliphatic carbocycles. The molecule has 8 heteroatoms. The molecule has 0 aliphatic rings. The number of ether oxygens (including phenoxy) is 1. The van der Waals surface area contributed by atoms with E-state index in [4.69, 9.17) is 4.74 Å². The van der Waals surface area contributed by atoms with Crippen molar-refractivity contribution in [2.45, 2.75) is 19.4 Å². The lowest BCUT2D eigenvalue weighted by atomic mass is 10.3. The van der Waals surface area contributed by atoms with E-state index in [0.29, 0.717) is 24.8 Å². The Kier molecular flexibility index (Phi) is 8.49. The molecule has 1 atom stereocenters. The van der Waals surface area contributed by atoms with Crippen LogP contribution < -0.4 is 15.4 Å². The Morgan fingerprint density at radius 3 is 2.64 bits per heavy atom. The van der Waals surface area contributed by atoms with E-state index >= 15 is 0 Å². The molecule has 6 nitrogen and oxygen atoms in total. The second-order valence-electron chi connectivity index (χ2n) is 6.21. The predicted octanol–water partition coefficient (Wildman–Crippen LogP) is 3.50. The van der Waals surface area contributed by atoms with Gasteiger partial charge in [0.25, 0.3) is 0 Å². The second-order valence-corrected chi connectivity index (χ2v) is 6.21. The van der Waals surface area contributed by atoms with Gasteiger partial charge >= 0.3 is 0 Å². The zero-order valence-electron chi connectivity index (χ0n) is 15.9. The summed E-state index contributed by atoms with van der Waals surface area (Å²) >= 11 is 0. The Morgan fingerprint density at radius 1 is 1.18 bits per heavy atom. The number of halogens is 2. The first-order valence-corrected chi connectivity index (χ1v) is 8.94. The van der Waals surface area contributed by atoms with E-state index in [1.165, 1.54) is 12.1 Å². The summed E-state index contributed by atoms with van der Waals surface area (Å²) in [4.78, 5) is 12.1. The Balaban J connectivity index is 0.00000280. The third kappa shape index (κ3) is 6.36. The summed E-state index contributed by atoms with van der Waals surface area (Å²) in [5.41, 5.74) is 2.02. The maximum atomic E-state index is 12.9. The first-order chi connectivity index (χ1) is 13.1. The molecule has 28 heavy (non-hydrogen) atoms.